The van der Waals surface area contributed by atoms with Crippen molar-refractivity contribution in [2.24, 2.45) is 5.92 Å². The van der Waals surface area contributed by atoms with Gasteiger partial charge in [0.1, 0.15) is 16.5 Å². The summed E-state index contributed by atoms with van der Waals surface area (Å²) in [6, 6.07) is 19.4. The third kappa shape index (κ3) is 9.01. The number of amides is 3. The summed E-state index contributed by atoms with van der Waals surface area (Å²) in [4.78, 5) is 55.0. The van der Waals surface area contributed by atoms with Crippen LogP contribution in [0.1, 0.15) is 70.3 Å². The lowest BCUT2D eigenvalue weighted by Crippen LogP contribution is -2.30. The molecule has 5 rings (SSSR count). The molecular formula is C38H37ClFN3O5S2. The van der Waals surface area contributed by atoms with Gasteiger partial charge in [0.2, 0.25) is 5.91 Å². The first kappa shape index (κ1) is 36.8. The molecule has 2 unspecified atom stereocenters. The van der Waals surface area contributed by atoms with Gasteiger partial charge in [-0.15, -0.1) is 23.1 Å². The highest BCUT2D eigenvalue weighted by molar-refractivity contribution is 8.00. The van der Waals surface area contributed by atoms with Gasteiger partial charge in [0, 0.05) is 26.6 Å². The van der Waals surface area contributed by atoms with Crippen molar-refractivity contribution < 1.29 is 28.3 Å². The van der Waals surface area contributed by atoms with E-state index in [1.165, 1.54) is 47.4 Å². The summed E-state index contributed by atoms with van der Waals surface area (Å²) >= 11 is 8.99. The van der Waals surface area contributed by atoms with E-state index in [-0.39, 0.29) is 28.8 Å². The average molecular weight is 734 g/mol. The van der Waals surface area contributed by atoms with Gasteiger partial charge in [0.15, 0.2) is 0 Å². The number of ether oxygens (including phenoxy) is 1. The zero-order valence-corrected chi connectivity index (χ0v) is 30.2. The average Bonchev–Trinajstić information content (AvgIpc) is 3.45. The molecule has 260 valence electrons. The molecule has 4 aromatic rings. The Morgan fingerprint density at radius 1 is 1.04 bits per heavy atom. The Kier molecular flexibility index (Phi) is 12.5. The molecule has 1 aliphatic rings. The van der Waals surface area contributed by atoms with Gasteiger partial charge >= 0.3 is 5.97 Å². The quantitative estimate of drug-likeness (QED) is 0.0763. The first-order valence-electron chi connectivity index (χ1n) is 16.3. The zero-order chi connectivity index (χ0) is 35.8. The summed E-state index contributed by atoms with van der Waals surface area (Å²) in [7, 11) is 0. The van der Waals surface area contributed by atoms with Crippen molar-refractivity contribution in [1.29, 1.82) is 0 Å². The van der Waals surface area contributed by atoms with E-state index < -0.39 is 28.9 Å². The molecule has 2 atom stereocenters. The number of anilines is 2. The van der Waals surface area contributed by atoms with E-state index in [0.29, 0.717) is 39.0 Å². The molecule has 1 aliphatic carbocycles. The van der Waals surface area contributed by atoms with Gasteiger partial charge in [-0.2, -0.15) is 0 Å². The predicted octanol–water partition coefficient (Wildman–Crippen LogP) is 8.76. The van der Waals surface area contributed by atoms with Crippen LogP contribution >= 0.6 is 34.7 Å². The largest absolute Gasteiger partial charge is 0.462 e. The fourth-order valence-electron chi connectivity index (χ4n) is 5.52. The van der Waals surface area contributed by atoms with Crippen molar-refractivity contribution >= 4 is 75.2 Å². The number of thioether (sulfide) groups is 1. The molecule has 0 bridgehead atoms. The molecule has 0 saturated carbocycles. The molecule has 0 saturated heterocycles. The van der Waals surface area contributed by atoms with Gasteiger partial charge in [0.25, 0.3) is 11.8 Å². The molecule has 3 N–H and O–H groups in total. The zero-order valence-electron chi connectivity index (χ0n) is 27.8. The Bertz CT molecular complexity index is 1910. The van der Waals surface area contributed by atoms with Gasteiger partial charge in [-0.1, -0.05) is 55.8 Å². The fraction of sp³-hybridized carbons (Fsp3) is 0.263. The molecule has 50 heavy (non-hydrogen) atoms. The fourth-order valence-corrected chi connectivity index (χ4v) is 8.15. The summed E-state index contributed by atoms with van der Waals surface area (Å²) in [5.41, 5.74) is 1.84. The molecule has 1 heterocycles. The standard InChI is InChI=1S/C38H37ClFN3O5S2/c1-4-31(36(46)43-37-33(38(47)48-5-2)26-18-17-22(3)19-32(26)50-37)49-25-14-9-13-24(20-25)41-35(45)30(21-27-28(39)15-10-16-29(27)40)42-34(44)23-11-7-6-8-12-23/h6-16,20-22,31H,4-5,17-19H2,1-3H3,(H,41,45)(H,42,44)(H,43,46)/b30-21+. The Hall–Kier alpha value is -4.45. The summed E-state index contributed by atoms with van der Waals surface area (Å²) in [6.45, 7) is 6.08. The summed E-state index contributed by atoms with van der Waals surface area (Å²) < 4.78 is 20.1. The van der Waals surface area contributed by atoms with Gasteiger partial charge in [-0.25, -0.2) is 9.18 Å². The highest BCUT2D eigenvalue weighted by Gasteiger charge is 2.30. The molecular weight excluding hydrogens is 697 g/mol. The van der Waals surface area contributed by atoms with Crippen LogP contribution in [0.4, 0.5) is 15.1 Å². The minimum atomic E-state index is -0.706. The van der Waals surface area contributed by atoms with Gasteiger partial charge < -0.3 is 20.7 Å². The second-order valence-electron chi connectivity index (χ2n) is 11.8. The van der Waals surface area contributed by atoms with E-state index in [0.717, 1.165) is 29.7 Å². The maximum atomic E-state index is 14.7. The van der Waals surface area contributed by atoms with Crippen LogP contribution in [-0.4, -0.2) is 35.5 Å². The molecule has 0 aliphatic heterocycles. The number of carbonyl (C=O) groups excluding carboxylic acids is 4. The Morgan fingerprint density at radius 2 is 1.80 bits per heavy atom. The Balaban J connectivity index is 1.34. The maximum absolute atomic E-state index is 14.7. The second kappa shape index (κ2) is 17.0. The summed E-state index contributed by atoms with van der Waals surface area (Å²) in [5, 5.41) is 8.44. The molecule has 0 spiro atoms. The van der Waals surface area contributed by atoms with Crippen molar-refractivity contribution in [3.8, 4) is 0 Å². The number of halogens is 2. The number of benzene rings is 3. The third-order valence-electron chi connectivity index (χ3n) is 8.08. The van der Waals surface area contributed by atoms with E-state index in [4.69, 9.17) is 16.3 Å². The van der Waals surface area contributed by atoms with Gasteiger partial charge in [0.05, 0.1) is 22.4 Å². The molecule has 1 aromatic heterocycles. The highest BCUT2D eigenvalue weighted by Crippen LogP contribution is 2.41. The highest BCUT2D eigenvalue weighted by atomic mass is 35.5. The molecule has 3 aromatic carbocycles. The van der Waals surface area contributed by atoms with Crippen molar-refractivity contribution in [3.63, 3.8) is 0 Å². The van der Waals surface area contributed by atoms with E-state index >= 15 is 0 Å². The number of esters is 1. The Labute approximate surface area is 303 Å². The summed E-state index contributed by atoms with van der Waals surface area (Å²) in [6.07, 6.45) is 4.27. The monoisotopic (exact) mass is 733 g/mol. The Morgan fingerprint density at radius 3 is 2.52 bits per heavy atom. The molecule has 0 fully saturated rings. The van der Waals surface area contributed by atoms with Crippen molar-refractivity contribution in [2.75, 3.05) is 17.2 Å². The lowest BCUT2D eigenvalue weighted by atomic mass is 9.88. The number of nitrogens with one attached hydrogen (secondary N) is 3. The first-order valence-corrected chi connectivity index (χ1v) is 18.4. The lowest BCUT2D eigenvalue weighted by Gasteiger charge is -2.18. The number of carbonyl (C=O) groups is 4. The number of hydrogen-bond donors (Lipinski definition) is 3. The third-order valence-corrected chi connectivity index (χ3v) is 10.9. The topological polar surface area (TPSA) is 114 Å². The van der Waals surface area contributed by atoms with Crippen LogP contribution in [0, 0.1) is 11.7 Å². The van der Waals surface area contributed by atoms with Crippen molar-refractivity contribution in [2.45, 2.75) is 56.6 Å². The van der Waals surface area contributed by atoms with E-state index in [9.17, 15) is 23.6 Å². The lowest BCUT2D eigenvalue weighted by molar-refractivity contribution is -0.116. The molecule has 3 amide bonds. The minimum absolute atomic E-state index is 0.0546. The van der Waals surface area contributed by atoms with Gasteiger partial charge in [-0.05, 0) is 92.6 Å². The van der Waals surface area contributed by atoms with Gasteiger partial charge in [-0.3, -0.25) is 14.4 Å². The summed E-state index contributed by atoms with van der Waals surface area (Å²) in [5.74, 6) is -2.11. The van der Waals surface area contributed by atoms with E-state index in [1.807, 2.05) is 13.0 Å². The first-order chi connectivity index (χ1) is 24.1. The number of thiophene rings is 1. The normalized spacial score (nSPS) is 14.7. The van der Waals surface area contributed by atoms with Crippen LogP contribution in [-0.2, 0) is 27.2 Å². The van der Waals surface area contributed by atoms with Crippen LogP contribution in [0.5, 0.6) is 0 Å². The predicted molar refractivity (Wildman–Crippen MR) is 198 cm³/mol. The number of hydrogen-bond acceptors (Lipinski definition) is 7. The van der Waals surface area contributed by atoms with E-state index in [2.05, 4.69) is 22.9 Å². The molecule has 0 radical (unpaired) electrons. The van der Waals surface area contributed by atoms with Crippen LogP contribution in [0.15, 0.2) is 83.4 Å². The molecule has 8 nitrogen and oxygen atoms in total. The second-order valence-corrected chi connectivity index (χ2v) is 14.6. The molecule has 12 heteroatoms. The van der Waals surface area contributed by atoms with Crippen LogP contribution in [0.3, 0.4) is 0 Å². The van der Waals surface area contributed by atoms with E-state index in [1.54, 1.807) is 55.5 Å². The SMILES string of the molecule is CCOC(=O)c1c(NC(=O)C(CC)Sc2cccc(NC(=O)/C(=C\c3c(F)cccc3Cl)NC(=O)c3ccccc3)c2)sc2c1CCC(C)C2. The maximum Gasteiger partial charge on any atom is 0.341 e. The van der Waals surface area contributed by atoms with Crippen LogP contribution in [0.25, 0.3) is 6.08 Å². The van der Waals surface area contributed by atoms with Crippen molar-refractivity contribution in [3.05, 3.63) is 116 Å². The number of rotatable bonds is 12. The van der Waals surface area contributed by atoms with Crippen LogP contribution < -0.4 is 16.0 Å². The smallest absolute Gasteiger partial charge is 0.341 e. The van der Waals surface area contributed by atoms with Crippen LogP contribution in [0.2, 0.25) is 5.02 Å². The minimum Gasteiger partial charge on any atom is -0.462 e. The number of fused-ring (bicyclic) bond motifs is 1. The van der Waals surface area contributed by atoms with Crippen molar-refractivity contribution in [1.82, 2.24) is 5.32 Å².